The van der Waals surface area contributed by atoms with Crippen molar-refractivity contribution in [2.75, 3.05) is 5.43 Å². The number of halogens is 1. The SMILES string of the molecule is O=[N+]([O-])c1ccc2c(c1)C(Br)NN2. The van der Waals surface area contributed by atoms with Crippen LogP contribution >= 0.6 is 15.9 Å². The fourth-order valence-electron chi connectivity index (χ4n) is 1.21. The Morgan fingerprint density at radius 3 is 3.00 bits per heavy atom. The van der Waals surface area contributed by atoms with Gasteiger partial charge in [0.2, 0.25) is 0 Å². The van der Waals surface area contributed by atoms with Crippen molar-refractivity contribution in [2.45, 2.75) is 4.95 Å². The molecule has 1 aromatic rings. The molecule has 0 saturated heterocycles. The smallest absolute Gasteiger partial charge is 0.269 e. The van der Waals surface area contributed by atoms with Crippen LogP contribution in [0.15, 0.2) is 18.2 Å². The van der Waals surface area contributed by atoms with Crippen LogP contribution in [-0.4, -0.2) is 4.92 Å². The second kappa shape index (κ2) is 2.97. The second-order valence-electron chi connectivity index (χ2n) is 2.66. The lowest BCUT2D eigenvalue weighted by molar-refractivity contribution is -0.384. The number of nitrogens with one attached hydrogen (secondary N) is 2. The van der Waals surface area contributed by atoms with Crippen LogP contribution in [0.3, 0.4) is 0 Å². The van der Waals surface area contributed by atoms with E-state index in [0.29, 0.717) is 0 Å². The lowest BCUT2D eigenvalue weighted by atomic mass is 10.2. The van der Waals surface area contributed by atoms with E-state index in [9.17, 15) is 10.1 Å². The Labute approximate surface area is 82.4 Å². The van der Waals surface area contributed by atoms with Crippen molar-refractivity contribution in [3.63, 3.8) is 0 Å². The molecule has 1 aromatic carbocycles. The van der Waals surface area contributed by atoms with E-state index in [0.717, 1.165) is 11.3 Å². The molecule has 68 valence electrons. The summed E-state index contributed by atoms with van der Waals surface area (Å²) in [5, 5.41) is 10.5. The molecule has 5 nitrogen and oxygen atoms in total. The predicted octanol–water partition coefficient (Wildman–Crippen LogP) is 1.92. The Morgan fingerprint density at radius 1 is 1.54 bits per heavy atom. The summed E-state index contributed by atoms with van der Waals surface area (Å²) < 4.78 is 0. The van der Waals surface area contributed by atoms with Crippen molar-refractivity contribution in [1.29, 1.82) is 0 Å². The first-order valence-corrected chi connectivity index (χ1v) is 4.54. The molecule has 0 spiro atoms. The normalized spacial score (nSPS) is 19.3. The maximum atomic E-state index is 10.5. The first-order chi connectivity index (χ1) is 6.18. The first-order valence-electron chi connectivity index (χ1n) is 3.62. The standard InChI is InChI=1S/C7H6BrN3O2/c8-7-5-3-4(11(12)13)1-2-6(5)9-10-7/h1-3,7,9-10H. The van der Waals surface area contributed by atoms with E-state index >= 15 is 0 Å². The van der Waals surface area contributed by atoms with Gasteiger partial charge < -0.3 is 5.43 Å². The molecule has 0 radical (unpaired) electrons. The van der Waals surface area contributed by atoms with E-state index in [1.807, 2.05) is 0 Å². The summed E-state index contributed by atoms with van der Waals surface area (Å²) in [5.74, 6) is 0. The maximum Gasteiger partial charge on any atom is 0.269 e. The molecule has 1 unspecified atom stereocenters. The van der Waals surface area contributed by atoms with Crippen LogP contribution < -0.4 is 10.9 Å². The molecule has 13 heavy (non-hydrogen) atoms. The van der Waals surface area contributed by atoms with Crippen LogP contribution in [0.25, 0.3) is 0 Å². The van der Waals surface area contributed by atoms with Crippen molar-refractivity contribution < 1.29 is 4.92 Å². The number of rotatable bonds is 1. The van der Waals surface area contributed by atoms with Crippen LogP contribution in [0.4, 0.5) is 11.4 Å². The molecule has 1 aliphatic rings. The van der Waals surface area contributed by atoms with Gasteiger partial charge in [0.15, 0.2) is 0 Å². The highest BCUT2D eigenvalue weighted by atomic mass is 79.9. The van der Waals surface area contributed by atoms with Crippen molar-refractivity contribution in [2.24, 2.45) is 0 Å². The molecular weight excluding hydrogens is 238 g/mol. The van der Waals surface area contributed by atoms with Gasteiger partial charge >= 0.3 is 0 Å². The van der Waals surface area contributed by atoms with Gasteiger partial charge in [0.25, 0.3) is 5.69 Å². The number of nitro benzene ring substituents is 1. The first kappa shape index (κ1) is 8.46. The maximum absolute atomic E-state index is 10.5. The topological polar surface area (TPSA) is 67.2 Å². The quantitative estimate of drug-likeness (QED) is 0.342. The van der Waals surface area contributed by atoms with E-state index < -0.39 is 4.92 Å². The molecule has 0 bridgehead atoms. The largest absolute Gasteiger partial charge is 0.320 e. The van der Waals surface area contributed by atoms with Crippen LogP contribution in [-0.2, 0) is 0 Å². The van der Waals surface area contributed by atoms with Gasteiger partial charge in [-0.05, 0) is 6.07 Å². The van der Waals surface area contributed by atoms with Crippen molar-refractivity contribution in [1.82, 2.24) is 5.43 Å². The molecule has 2 rings (SSSR count). The fourth-order valence-corrected chi connectivity index (χ4v) is 1.70. The molecule has 0 aliphatic carbocycles. The number of alkyl halides is 1. The molecule has 0 saturated carbocycles. The third kappa shape index (κ3) is 1.38. The Kier molecular flexibility index (Phi) is 1.93. The zero-order valence-corrected chi connectivity index (χ0v) is 8.04. The molecule has 1 aliphatic heterocycles. The Morgan fingerprint density at radius 2 is 2.31 bits per heavy atom. The number of benzene rings is 1. The minimum Gasteiger partial charge on any atom is -0.320 e. The highest BCUT2D eigenvalue weighted by Crippen LogP contribution is 2.34. The average molecular weight is 244 g/mol. The molecule has 0 aromatic heterocycles. The summed E-state index contributed by atoms with van der Waals surface area (Å²) in [7, 11) is 0. The lowest BCUT2D eigenvalue weighted by Crippen LogP contribution is -2.13. The van der Waals surface area contributed by atoms with Crippen molar-refractivity contribution >= 4 is 27.3 Å². The summed E-state index contributed by atoms with van der Waals surface area (Å²) in [6.07, 6.45) is 0. The Balaban J connectivity index is 2.47. The molecule has 2 N–H and O–H groups in total. The predicted molar refractivity (Wildman–Crippen MR) is 51.5 cm³/mol. The lowest BCUT2D eigenvalue weighted by Gasteiger charge is -1.98. The van der Waals surface area contributed by atoms with E-state index in [1.54, 1.807) is 12.1 Å². The van der Waals surface area contributed by atoms with E-state index in [-0.39, 0.29) is 10.6 Å². The van der Waals surface area contributed by atoms with Gasteiger partial charge in [-0.2, -0.15) is 0 Å². The Hall–Kier alpha value is -1.14. The number of fused-ring (bicyclic) bond motifs is 1. The van der Waals surface area contributed by atoms with Gasteiger partial charge in [-0.15, -0.1) is 0 Å². The van der Waals surface area contributed by atoms with E-state index in [2.05, 4.69) is 26.8 Å². The molecule has 1 atom stereocenters. The average Bonchev–Trinajstić information content (AvgIpc) is 2.47. The van der Waals surface area contributed by atoms with Gasteiger partial charge in [0.05, 0.1) is 10.6 Å². The van der Waals surface area contributed by atoms with Gasteiger partial charge in [-0.25, -0.2) is 5.43 Å². The molecule has 0 fully saturated rings. The number of nitrogens with zero attached hydrogens (tertiary/aromatic N) is 1. The monoisotopic (exact) mass is 243 g/mol. The second-order valence-corrected chi connectivity index (χ2v) is 3.58. The van der Waals surface area contributed by atoms with Crippen LogP contribution in [0.5, 0.6) is 0 Å². The molecule has 0 amide bonds. The zero-order valence-electron chi connectivity index (χ0n) is 6.45. The highest BCUT2D eigenvalue weighted by molar-refractivity contribution is 9.09. The summed E-state index contributed by atoms with van der Waals surface area (Å²) >= 11 is 3.32. The van der Waals surface area contributed by atoms with Crippen LogP contribution in [0.2, 0.25) is 0 Å². The summed E-state index contributed by atoms with van der Waals surface area (Å²) in [4.78, 5) is 9.99. The summed E-state index contributed by atoms with van der Waals surface area (Å²) in [6.45, 7) is 0. The number of hydrogen-bond donors (Lipinski definition) is 2. The van der Waals surface area contributed by atoms with Crippen molar-refractivity contribution in [3.05, 3.63) is 33.9 Å². The summed E-state index contributed by atoms with van der Waals surface area (Å²) in [5.41, 5.74) is 7.62. The zero-order chi connectivity index (χ0) is 9.42. The van der Waals surface area contributed by atoms with Crippen molar-refractivity contribution in [3.8, 4) is 0 Å². The number of hydrazine groups is 1. The van der Waals surface area contributed by atoms with Crippen LogP contribution in [0, 0.1) is 10.1 Å². The number of hydrogen-bond acceptors (Lipinski definition) is 4. The molecular formula is C7H6BrN3O2. The van der Waals surface area contributed by atoms with Gasteiger partial charge in [0, 0.05) is 17.7 Å². The summed E-state index contributed by atoms with van der Waals surface area (Å²) in [6, 6.07) is 4.70. The van der Waals surface area contributed by atoms with E-state index in [4.69, 9.17) is 0 Å². The highest BCUT2D eigenvalue weighted by Gasteiger charge is 2.21. The minimum absolute atomic E-state index is 0.0672. The fraction of sp³-hybridized carbons (Fsp3) is 0.143. The van der Waals surface area contributed by atoms with E-state index in [1.165, 1.54) is 6.07 Å². The number of nitro groups is 1. The minimum atomic E-state index is -0.404. The number of non-ortho nitro benzene ring substituents is 1. The van der Waals surface area contributed by atoms with Gasteiger partial charge in [-0.1, -0.05) is 15.9 Å². The molecule has 1 heterocycles. The van der Waals surface area contributed by atoms with Gasteiger partial charge in [0.1, 0.15) is 4.95 Å². The molecule has 6 heteroatoms. The van der Waals surface area contributed by atoms with Crippen LogP contribution in [0.1, 0.15) is 10.5 Å². The third-order valence-corrected chi connectivity index (χ3v) is 2.57. The van der Waals surface area contributed by atoms with Gasteiger partial charge in [-0.3, -0.25) is 10.1 Å². The third-order valence-electron chi connectivity index (χ3n) is 1.85. The number of anilines is 1. The Bertz CT molecular complexity index is 369.